The summed E-state index contributed by atoms with van der Waals surface area (Å²) in [7, 11) is -6.98. The van der Waals surface area contributed by atoms with E-state index in [4.69, 9.17) is 0 Å². The number of sulfonamides is 2. The Hall–Kier alpha value is -1.49. The largest absolute Gasteiger partial charge is 0.312 e. The maximum Gasteiger partial charge on any atom is 0.243 e. The van der Waals surface area contributed by atoms with Gasteiger partial charge in [0.05, 0.1) is 11.2 Å². The highest BCUT2D eigenvalue weighted by atomic mass is 32.2. The van der Waals surface area contributed by atoms with Crippen molar-refractivity contribution in [3.63, 3.8) is 0 Å². The van der Waals surface area contributed by atoms with Crippen molar-refractivity contribution >= 4 is 31.6 Å². The third-order valence-corrected chi connectivity index (χ3v) is 7.99. The summed E-state index contributed by atoms with van der Waals surface area (Å²) in [6, 6.07) is 5.02. The molecule has 0 bridgehead atoms. The van der Waals surface area contributed by atoms with Crippen LogP contribution in [0.15, 0.2) is 23.1 Å². The van der Waals surface area contributed by atoms with Crippen LogP contribution in [0.4, 0.5) is 5.69 Å². The predicted octanol–water partition coefficient (Wildman–Crippen LogP) is 1.07. The van der Waals surface area contributed by atoms with E-state index >= 15 is 0 Å². The molecule has 2 aliphatic rings. The van der Waals surface area contributed by atoms with E-state index in [1.807, 2.05) is 0 Å². The molecule has 156 valence electrons. The number of rotatable bonds is 6. The molecule has 28 heavy (non-hydrogen) atoms. The Morgan fingerprint density at radius 3 is 2.50 bits per heavy atom. The van der Waals surface area contributed by atoms with Gasteiger partial charge in [-0.05, 0) is 55.9 Å². The number of carbonyl (C=O) groups excluding carboxylic acids is 1. The molecule has 2 saturated heterocycles. The van der Waals surface area contributed by atoms with Gasteiger partial charge in [0.2, 0.25) is 26.0 Å². The van der Waals surface area contributed by atoms with Gasteiger partial charge in [-0.15, -0.1) is 0 Å². The summed E-state index contributed by atoms with van der Waals surface area (Å²) in [4.78, 5) is 13.9. The Labute approximate surface area is 167 Å². The zero-order valence-corrected chi connectivity index (χ0v) is 17.9. The molecule has 10 heteroatoms. The number of piperidine rings is 1. The Kier molecular flexibility index (Phi) is 6.14. The van der Waals surface area contributed by atoms with E-state index in [9.17, 15) is 21.6 Å². The highest BCUT2D eigenvalue weighted by Gasteiger charge is 2.32. The summed E-state index contributed by atoms with van der Waals surface area (Å²) < 4.78 is 52.8. The molecule has 1 amide bonds. The third-order valence-electron chi connectivity index (χ3n) is 5.28. The lowest BCUT2D eigenvalue weighted by molar-refractivity contribution is -0.117. The molecule has 1 aromatic rings. The number of nitrogens with zero attached hydrogens (tertiary/aromatic N) is 2. The SMILES string of the molecule is Cc1cc(N2CCCC2=O)ccc1S(=O)(=O)N1CCCC(CNS(C)(=O)=O)C1. The average molecular weight is 430 g/mol. The van der Waals surface area contributed by atoms with E-state index in [1.54, 1.807) is 30.0 Å². The van der Waals surface area contributed by atoms with E-state index < -0.39 is 20.0 Å². The fourth-order valence-electron chi connectivity index (χ4n) is 3.83. The van der Waals surface area contributed by atoms with Crippen LogP contribution in [0.5, 0.6) is 0 Å². The molecule has 0 saturated carbocycles. The van der Waals surface area contributed by atoms with Crippen molar-refractivity contribution in [1.82, 2.24) is 9.03 Å². The van der Waals surface area contributed by atoms with Gasteiger partial charge < -0.3 is 4.90 Å². The Morgan fingerprint density at radius 2 is 1.89 bits per heavy atom. The van der Waals surface area contributed by atoms with Crippen LogP contribution in [0.1, 0.15) is 31.2 Å². The van der Waals surface area contributed by atoms with Gasteiger partial charge in [0, 0.05) is 38.3 Å². The molecule has 1 aromatic carbocycles. The maximum atomic E-state index is 13.2. The molecule has 1 unspecified atom stereocenters. The Bertz CT molecular complexity index is 959. The van der Waals surface area contributed by atoms with Crippen LogP contribution in [-0.2, 0) is 24.8 Å². The number of benzene rings is 1. The van der Waals surface area contributed by atoms with Gasteiger partial charge in [0.25, 0.3) is 0 Å². The first kappa shape index (κ1) is 21.2. The second kappa shape index (κ2) is 8.10. The van der Waals surface area contributed by atoms with Crippen LogP contribution in [0, 0.1) is 12.8 Å². The number of hydrogen-bond acceptors (Lipinski definition) is 5. The molecular weight excluding hydrogens is 402 g/mol. The molecule has 1 atom stereocenters. The number of anilines is 1. The molecule has 2 heterocycles. The second-order valence-corrected chi connectivity index (χ2v) is 11.3. The molecule has 2 fully saturated rings. The molecule has 1 N–H and O–H groups in total. The standard InChI is InChI=1S/C18H27N3O5S2/c1-14-11-16(21-10-4-6-18(21)22)7-8-17(14)28(25,26)20-9-3-5-15(13-20)12-19-27(2,23)24/h7-8,11,15,19H,3-6,9-10,12-13H2,1-2H3. The van der Waals surface area contributed by atoms with Gasteiger partial charge in [0.1, 0.15) is 0 Å². The minimum atomic E-state index is -3.68. The molecule has 0 aromatic heterocycles. The van der Waals surface area contributed by atoms with Gasteiger partial charge in [-0.1, -0.05) is 0 Å². The van der Waals surface area contributed by atoms with Crippen LogP contribution in [0.3, 0.4) is 0 Å². The van der Waals surface area contributed by atoms with Crippen molar-refractivity contribution in [2.24, 2.45) is 5.92 Å². The number of amides is 1. The zero-order valence-electron chi connectivity index (χ0n) is 16.2. The lowest BCUT2D eigenvalue weighted by Crippen LogP contribution is -2.43. The Morgan fingerprint density at radius 1 is 1.14 bits per heavy atom. The minimum absolute atomic E-state index is 0.0555. The lowest BCUT2D eigenvalue weighted by atomic mass is 10.0. The summed E-state index contributed by atoms with van der Waals surface area (Å²) in [5.41, 5.74) is 1.33. The summed E-state index contributed by atoms with van der Waals surface area (Å²) in [6.45, 7) is 3.34. The number of hydrogen-bond donors (Lipinski definition) is 1. The third kappa shape index (κ3) is 4.73. The molecule has 0 radical (unpaired) electrons. The highest BCUT2D eigenvalue weighted by molar-refractivity contribution is 7.89. The number of carbonyl (C=O) groups is 1. The first-order valence-corrected chi connectivity index (χ1v) is 12.8. The lowest BCUT2D eigenvalue weighted by Gasteiger charge is -2.32. The van der Waals surface area contributed by atoms with Crippen molar-refractivity contribution in [3.8, 4) is 0 Å². The average Bonchev–Trinajstić information content (AvgIpc) is 3.05. The monoisotopic (exact) mass is 429 g/mol. The van der Waals surface area contributed by atoms with E-state index in [0.717, 1.165) is 24.8 Å². The summed E-state index contributed by atoms with van der Waals surface area (Å²) in [6.07, 6.45) is 3.91. The normalized spacial score (nSPS) is 22.0. The second-order valence-electron chi connectivity index (χ2n) is 7.59. The fourth-order valence-corrected chi connectivity index (χ4v) is 6.13. The molecular formula is C18H27N3O5S2. The van der Waals surface area contributed by atoms with Crippen molar-refractivity contribution in [2.75, 3.05) is 37.3 Å². The molecule has 2 aliphatic heterocycles. The summed E-state index contributed by atoms with van der Waals surface area (Å²) >= 11 is 0. The Balaban J connectivity index is 1.77. The van der Waals surface area contributed by atoms with E-state index in [0.29, 0.717) is 31.5 Å². The smallest absolute Gasteiger partial charge is 0.243 e. The maximum absolute atomic E-state index is 13.2. The number of aryl methyl sites for hydroxylation is 1. The van der Waals surface area contributed by atoms with Crippen molar-refractivity contribution in [3.05, 3.63) is 23.8 Å². The summed E-state index contributed by atoms with van der Waals surface area (Å²) in [5, 5.41) is 0. The van der Waals surface area contributed by atoms with Crippen LogP contribution in [-0.4, -0.2) is 59.5 Å². The van der Waals surface area contributed by atoms with Crippen LogP contribution < -0.4 is 9.62 Å². The molecule has 8 nitrogen and oxygen atoms in total. The van der Waals surface area contributed by atoms with Gasteiger partial charge >= 0.3 is 0 Å². The first-order valence-electron chi connectivity index (χ1n) is 9.44. The zero-order chi connectivity index (χ0) is 20.5. The van der Waals surface area contributed by atoms with Crippen LogP contribution >= 0.6 is 0 Å². The van der Waals surface area contributed by atoms with E-state index in [-0.39, 0.29) is 29.8 Å². The first-order chi connectivity index (χ1) is 13.1. The molecule has 0 spiro atoms. The molecule has 0 aliphatic carbocycles. The van der Waals surface area contributed by atoms with E-state index in [2.05, 4.69) is 4.72 Å². The van der Waals surface area contributed by atoms with Crippen molar-refractivity contribution < 1.29 is 21.6 Å². The van der Waals surface area contributed by atoms with Crippen LogP contribution in [0.25, 0.3) is 0 Å². The molecule has 3 rings (SSSR count). The van der Waals surface area contributed by atoms with Gasteiger partial charge in [-0.2, -0.15) is 4.31 Å². The van der Waals surface area contributed by atoms with Gasteiger partial charge in [-0.3, -0.25) is 4.79 Å². The predicted molar refractivity (Wildman–Crippen MR) is 107 cm³/mol. The highest BCUT2D eigenvalue weighted by Crippen LogP contribution is 2.29. The quantitative estimate of drug-likeness (QED) is 0.729. The topological polar surface area (TPSA) is 104 Å². The minimum Gasteiger partial charge on any atom is -0.312 e. The van der Waals surface area contributed by atoms with Gasteiger partial charge in [-0.25, -0.2) is 21.6 Å². The summed E-state index contributed by atoms with van der Waals surface area (Å²) in [5.74, 6) is 0.00677. The van der Waals surface area contributed by atoms with Crippen molar-refractivity contribution in [1.29, 1.82) is 0 Å². The van der Waals surface area contributed by atoms with Crippen molar-refractivity contribution in [2.45, 2.75) is 37.5 Å². The number of nitrogens with one attached hydrogen (secondary N) is 1. The fraction of sp³-hybridized carbons (Fsp3) is 0.611. The van der Waals surface area contributed by atoms with Crippen LogP contribution in [0.2, 0.25) is 0 Å². The van der Waals surface area contributed by atoms with E-state index in [1.165, 1.54) is 4.31 Å². The van der Waals surface area contributed by atoms with Gasteiger partial charge in [0.15, 0.2) is 0 Å².